The van der Waals surface area contributed by atoms with E-state index >= 15 is 0 Å². The number of nitrogens with one attached hydrogen (secondary N) is 1. The number of aliphatic imine (C=N–C) groups is 1. The Hall–Kier alpha value is -1.03. The zero-order valence-electron chi connectivity index (χ0n) is 14.4. The highest BCUT2D eigenvalue weighted by Crippen LogP contribution is 2.17. The predicted octanol–water partition coefficient (Wildman–Crippen LogP) is 2.58. The highest BCUT2D eigenvalue weighted by Gasteiger charge is 2.25. The quantitative estimate of drug-likeness (QED) is 0.323. The molecule has 4 heteroatoms. The Labute approximate surface area is 131 Å². The van der Waals surface area contributed by atoms with E-state index in [4.69, 9.17) is 0 Å². The second kappa shape index (κ2) is 9.82. The maximum absolute atomic E-state index is 4.40. The first-order chi connectivity index (χ1) is 10.1. The topological polar surface area (TPSA) is 30.9 Å². The largest absolute Gasteiger partial charge is 0.355 e. The van der Waals surface area contributed by atoms with Crippen LogP contribution in [0.2, 0.25) is 0 Å². The highest BCUT2D eigenvalue weighted by atomic mass is 15.3. The standard InChI is InChI=1S/C17H34N4/c1-6-7-8-11-20(5)17(18-4)19-13-16-10-9-12-21(16)14-15(2)3/h6,15-16H,1,7-14H2,2-5H3,(H,18,19)/t16-/m1/s1. The van der Waals surface area contributed by atoms with Crippen LogP contribution in [-0.4, -0.2) is 62.1 Å². The maximum atomic E-state index is 4.40. The van der Waals surface area contributed by atoms with E-state index in [0.717, 1.165) is 37.8 Å². The maximum Gasteiger partial charge on any atom is 0.193 e. The molecule has 122 valence electrons. The SMILES string of the molecule is C=CCCCN(C)C(=NC)NC[C@H]1CCCN1CC(C)C. The Morgan fingerprint density at radius 1 is 1.52 bits per heavy atom. The van der Waals surface area contributed by atoms with Crippen molar-refractivity contribution in [2.75, 3.05) is 40.3 Å². The van der Waals surface area contributed by atoms with E-state index in [9.17, 15) is 0 Å². The van der Waals surface area contributed by atoms with Crippen LogP contribution < -0.4 is 5.32 Å². The summed E-state index contributed by atoms with van der Waals surface area (Å²) in [7, 11) is 3.98. The minimum absolute atomic E-state index is 0.658. The summed E-state index contributed by atoms with van der Waals surface area (Å²) in [6, 6.07) is 0.658. The lowest BCUT2D eigenvalue weighted by atomic mass is 10.1. The molecule has 4 nitrogen and oxygen atoms in total. The first-order valence-corrected chi connectivity index (χ1v) is 8.35. The van der Waals surface area contributed by atoms with Gasteiger partial charge in [-0.3, -0.25) is 9.89 Å². The van der Waals surface area contributed by atoms with Crippen LogP contribution in [0.3, 0.4) is 0 Å². The fourth-order valence-electron chi connectivity index (χ4n) is 3.01. The van der Waals surface area contributed by atoms with Gasteiger partial charge in [0, 0.05) is 39.8 Å². The molecule has 1 atom stereocenters. The molecule has 0 amide bonds. The second-order valence-corrected chi connectivity index (χ2v) is 6.47. The van der Waals surface area contributed by atoms with Gasteiger partial charge in [0.1, 0.15) is 0 Å². The van der Waals surface area contributed by atoms with Gasteiger partial charge in [0.05, 0.1) is 0 Å². The lowest BCUT2D eigenvalue weighted by molar-refractivity contribution is 0.225. The summed E-state index contributed by atoms with van der Waals surface area (Å²) in [5.74, 6) is 1.75. The molecule has 21 heavy (non-hydrogen) atoms. The lowest BCUT2D eigenvalue weighted by Gasteiger charge is -2.28. The molecule has 1 aliphatic rings. The van der Waals surface area contributed by atoms with Crippen LogP contribution in [0.4, 0.5) is 0 Å². The van der Waals surface area contributed by atoms with Crippen molar-refractivity contribution < 1.29 is 0 Å². The Balaban J connectivity index is 2.38. The summed E-state index contributed by atoms with van der Waals surface area (Å²) in [4.78, 5) is 9.24. The molecule has 0 bridgehead atoms. The molecule has 0 aromatic heterocycles. The highest BCUT2D eigenvalue weighted by molar-refractivity contribution is 5.79. The van der Waals surface area contributed by atoms with Gasteiger partial charge in [-0.1, -0.05) is 19.9 Å². The van der Waals surface area contributed by atoms with Gasteiger partial charge in [-0.05, 0) is 38.1 Å². The van der Waals surface area contributed by atoms with Crippen molar-refractivity contribution >= 4 is 5.96 Å². The van der Waals surface area contributed by atoms with Crippen molar-refractivity contribution in [1.82, 2.24) is 15.1 Å². The minimum Gasteiger partial charge on any atom is -0.355 e. The van der Waals surface area contributed by atoms with Crippen molar-refractivity contribution in [2.24, 2.45) is 10.9 Å². The average molecular weight is 294 g/mol. The number of hydrogen-bond donors (Lipinski definition) is 1. The number of nitrogens with zero attached hydrogens (tertiary/aromatic N) is 3. The molecule has 1 heterocycles. The number of guanidine groups is 1. The third kappa shape index (κ3) is 6.51. The molecule has 0 aromatic carbocycles. The molecular formula is C17H34N4. The number of unbranched alkanes of at least 4 members (excludes halogenated alkanes) is 1. The summed E-state index contributed by atoms with van der Waals surface area (Å²) in [6.07, 6.45) is 6.80. The first-order valence-electron chi connectivity index (χ1n) is 8.35. The third-order valence-corrected chi connectivity index (χ3v) is 4.07. The zero-order valence-corrected chi connectivity index (χ0v) is 14.4. The molecule has 1 aliphatic heterocycles. The van der Waals surface area contributed by atoms with Gasteiger partial charge >= 0.3 is 0 Å². The van der Waals surface area contributed by atoms with E-state index < -0.39 is 0 Å². The molecule has 1 N–H and O–H groups in total. The summed E-state index contributed by atoms with van der Waals surface area (Å²) < 4.78 is 0. The Morgan fingerprint density at radius 2 is 2.29 bits per heavy atom. The molecule has 0 unspecified atom stereocenters. The monoisotopic (exact) mass is 294 g/mol. The second-order valence-electron chi connectivity index (χ2n) is 6.47. The molecule has 0 aromatic rings. The van der Waals surface area contributed by atoms with Gasteiger partial charge in [-0.2, -0.15) is 0 Å². The van der Waals surface area contributed by atoms with Gasteiger partial charge < -0.3 is 10.2 Å². The molecule has 0 radical (unpaired) electrons. The van der Waals surface area contributed by atoms with Crippen molar-refractivity contribution in [3.05, 3.63) is 12.7 Å². The minimum atomic E-state index is 0.658. The van der Waals surface area contributed by atoms with Crippen LogP contribution in [0, 0.1) is 5.92 Å². The lowest BCUT2D eigenvalue weighted by Crippen LogP contribution is -2.46. The molecule has 1 saturated heterocycles. The van der Waals surface area contributed by atoms with Crippen LogP contribution in [0.25, 0.3) is 0 Å². The smallest absolute Gasteiger partial charge is 0.193 e. The zero-order chi connectivity index (χ0) is 15.7. The third-order valence-electron chi connectivity index (χ3n) is 4.07. The number of allylic oxidation sites excluding steroid dienone is 1. The molecule has 0 spiro atoms. The van der Waals surface area contributed by atoms with Crippen molar-refractivity contribution in [3.63, 3.8) is 0 Å². The van der Waals surface area contributed by atoms with E-state index in [0.29, 0.717) is 6.04 Å². The van der Waals surface area contributed by atoms with Gasteiger partial charge in [0.25, 0.3) is 0 Å². The van der Waals surface area contributed by atoms with Crippen molar-refractivity contribution in [2.45, 2.75) is 45.6 Å². The van der Waals surface area contributed by atoms with E-state index in [1.165, 1.54) is 25.9 Å². The van der Waals surface area contributed by atoms with E-state index in [2.05, 4.69) is 47.6 Å². The predicted molar refractivity (Wildman–Crippen MR) is 92.9 cm³/mol. The fraction of sp³-hybridized carbons (Fsp3) is 0.824. The molecular weight excluding hydrogens is 260 g/mol. The molecule has 0 aliphatic carbocycles. The van der Waals surface area contributed by atoms with Crippen molar-refractivity contribution in [3.8, 4) is 0 Å². The van der Waals surface area contributed by atoms with Gasteiger partial charge in [0.15, 0.2) is 5.96 Å². The number of hydrogen-bond acceptors (Lipinski definition) is 2. The van der Waals surface area contributed by atoms with Crippen molar-refractivity contribution in [1.29, 1.82) is 0 Å². The van der Waals surface area contributed by atoms with E-state index in [1.54, 1.807) is 0 Å². The summed E-state index contributed by atoms with van der Waals surface area (Å²) in [6.45, 7) is 12.9. The normalized spacial score (nSPS) is 20.0. The van der Waals surface area contributed by atoms with Crippen LogP contribution in [0.5, 0.6) is 0 Å². The van der Waals surface area contributed by atoms with Gasteiger partial charge in [-0.15, -0.1) is 6.58 Å². The van der Waals surface area contributed by atoms with E-state index in [-0.39, 0.29) is 0 Å². The fourth-order valence-corrected chi connectivity index (χ4v) is 3.01. The van der Waals surface area contributed by atoms with Crippen LogP contribution >= 0.6 is 0 Å². The summed E-state index contributed by atoms with van der Waals surface area (Å²) in [5.41, 5.74) is 0. The molecule has 0 saturated carbocycles. The summed E-state index contributed by atoms with van der Waals surface area (Å²) in [5, 5.41) is 3.55. The number of likely N-dealkylation sites (tertiary alicyclic amines) is 1. The van der Waals surface area contributed by atoms with Gasteiger partial charge in [-0.25, -0.2) is 0 Å². The molecule has 1 fully saturated rings. The average Bonchev–Trinajstić information content (AvgIpc) is 2.86. The Kier molecular flexibility index (Phi) is 8.43. The van der Waals surface area contributed by atoms with Crippen LogP contribution in [0.15, 0.2) is 17.6 Å². The van der Waals surface area contributed by atoms with Crippen LogP contribution in [-0.2, 0) is 0 Å². The number of rotatable bonds is 8. The first kappa shape index (κ1) is 18.0. The van der Waals surface area contributed by atoms with Gasteiger partial charge in [0.2, 0.25) is 0 Å². The Bertz CT molecular complexity index is 325. The summed E-state index contributed by atoms with van der Waals surface area (Å²) >= 11 is 0. The molecule has 1 rings (SSSR count). The van der Waals surface area contributed by atoms with Crippen LogP contribution in [0.1, 0.15) is 39.5 Å². The van der Waals surface area contributed by atoms with E-state index in [1.807, 2.05) is 13.1 Å². The Morgan fingerprint density at radius 3 is 2.90 bits per heavy atom.